The quantitative estimate of drug-likeness (QED) is 0.823. The number of nitrogens with zero attached hydrogens (tertiary/aromatic N) is 1. The van der Waals surface area contributed by atoms with E-state index < -0.39 is 6.17 Å². The summed E-state index contributed by atoms with van der Waals surface area (Å²) in [4.78, 5) is 0.981. The predicted molar refractivity (Wildman–Crippen MR) is 71.0 cm³/mol. The number of nitrogens with two attached hydrogens (primary N) is 1. The Morgan fingerprint density at radius 1 is 1.53 bits per heavy atom. The lowest BCUT2D eigenvalue weighted by Gasteiger charge is -2.24. The van der Waals surface area contributed by atoms with Crippen LogP contribution in [0.3, 0.4) is 0 Å². The van der Waals surface area contributed by atoms with Crippen LogP contribution in [0.4, 0.5) is 9.39 Å². The van der Waals surface area contributed by atoms with Crippen molar-refractivity contribution < 1.29 is 4.39 Å². The number of fused-ring (bicyclic) bond motifs is 1. The largest absolute Gasteiger partial charge is 0.389 e. The third kappa shape index (κ3) is 2.61. The summed E-state index contributed by atoms with van der Waals surface area (Å²) in [6.07, 6.45) is 1.07. The van der Waals surface area contributed by atoms with E-state index in [1.54, 1.807) is 0 Å². The number of anilines is 1. The van der Waals surface area contributed by atoms with Gasteiger partial charge >= 0.3 is 0 Å². The van der Waals surface area contributed by atoms with Gasteiger partial charge in [0.05, 0.1) is 5.56 Å². The standard InChI is InChI=1S/C11H13FN2S.C2H6/c1-2-6-3-7(12)4-9-10(6)8(5-13)11(14)15-9;1-2/h6-7H,2-4,14H2,1H3;1-2H3. The third-order valence-corrected chi connectivity index (χ3v) is 4.07. The first kappa shape index (κ1) is 14.0. The molecule has 4 heteroatoms. The first-order valence-electron chi connectivity index (χ1n) is 6.12. The monoisotopic (exact) mass is 254 g/mol. The number of nitriles is 1. The average molecular weight is 254 g/mol. The lowest BCUT2D eigenvalue weighted by atomic mass is 9.83. The van der Waals surface area contributed by atoms with Gasteiger partial charge in [0.2, 0.25) is 0 Å². The Morgan fingerprint density at radius 3 is 2.71 bits per heavy atom. The molecule has 1 heterocycles. The molecule has 2 unspecified atom stereocenters. The molecule has 2 rings (SSSR count). The van der Waals surface area contributed by atoms with E-state index in [9.17, 15) is 4.39 Å². The minimum absolute atomic E-state index is 0.173. The molecule has 0 bridgehead atoms. The number of hydrogen-bond donors (Lipinski definition) is 1. The Hall–Kier alpha value is -1.08. The van der Waals surface area contributed by atoms with Gasteiger partial charge in [-0.05, 0) is 24.3 Å². The summed E-state index contributed by atoms with van der Waals surface area (Å²) < 4.78 is 13.4. The lowest BCUT2D eigenvalue weighted by molar-refractivity contribution is 0.277. The zero-order valence-electron chi connectivity index (χ0n) is 10.6. The van der Waals surface area contributed by atoms with E-state index in [1.165, 1.54) is 11.3 Å². The Bertz CT molecular complexity index is 420. The number of hydrogen-bond acceptors (Lipinski definition) is 3. The van der Waals surface area contributed by atoms with E-state index in [1.807, 2.05) is 20.8 Å². The maximum absolute atomic E-state index is 13.4. The first-order chi connectivity index (χ1) is 8.17. The van der Waals surface area contributed by atoms with E-state index in [0.717, 1.165) is 16.9 Å². The van der Waals surface area contributed by atoms with Crippen LogP contribution in [0.5, 0.6) is 0 Å². The van der Waals surface area contributed by atoms with Gasteiger partial charge in [-0.15, -0.1) is 11.3 Å². The Kier molecular flexibility index (Phi) is 4.95. The van der Waals surface area contributed by atoms with E-state index >= 15 is 0 Å². The van der Waals surface area contributed by atoms with E-state index in [2.05, 4.69) is 6.07 Å². The van der Waals surface area contributed by atoms with Crippen molar-refractivity contribution in [1.82, 2.24) is 0 Å². The van der Waals surface area contributed by atoms with Crippen molar-refractivity contribution in [2.24, 2.45) is 0 Å². The van der Waals surface area contributed by atoms with Crippen molar-refractivity contribution >= 4 is 16.3 Å². The molecule has 2 atom stereocenters. The normalized spacial score (nSPS) is 22.1. The zero-order valence-corrected chi connectivity index (χ0v) is 11.4. The van der Waals surface area contributed by atoms with Crippen LogP contribution in [0.25, 0.3) is 0 Å². The van der Waals surface area contributed by atoms with Crippen LogP contribution >= 0.6 is 11.3 Å². The van der Waals surface area contributed by atoms with Crippen molar-refractivity contribution in [3.8, 4) is 6.07 Å². The molecule has 0 spiro atoms. The second-order valence-corrected chi connectivity index (χ2v) is 5.07. The summed E-state index contributed by atoms with van der Waals surface area (Å²) >= 11 is 1.38. The topological polar surface area (TPSA) is 49.8 Å². The molecule has 0 saturated carbocycles. The number of rotatable bonds is 1. The third-order valence-electron chi connectivity index (χ3n) is 3.01. The van der Waals surface area contributed by atoms with E-state index in [4.69, 9.17) is 11.0 Å². The molecule has 0 saturated heterocycles. The van der Waals surface area contributed by atoms with E-state index in [0.29, 0.717) is 23.4 Å². The minimum atomic E-state index is -0.771. The molecular weight excluding hydrogens is 235 g/mol. The smallest absolute Gasteiger partial charge is 0.106 e. The van der Waals surface area contributed by atoms with Crippen LogP contribution < -0.4 is 5.73 Å². The van der Waals surface area contributed by atoms with Gasteiger partial charge in [0, 0.05) is 11.3 Å². The molecule has 17 heavy (non-hydrogen) atoms. The first-order valence-corrected chi connectivity index (χ1v) is 6.94. The van der Waals surface area contributed by atoms with Gasteiger partial charge in [0.25, 0.3) is 0 Å². The SMILES string of the molecule is CC.CCC1CC(F)Cc2sc(N)c(C#N)c21. The van der Waals surface area contributed by atoms with Gasteiger partial charge in [0.1, 0.15) is 17.2 Å². The summed E-state index contributed by atoms with van der Waals surface area (Å²) in [6, 6.07) is 2.15. The summed E-state index contributed by atoms with van der Waals surface area (Å²) in [5, 5.41) is 9.58. The Balaban J connectivity index is 0.000000686. The molecule has 2 N–H and O–H groups in total. The van der Waals surface area contributed by atoms with Crippen molar-refractivity contribution in [2.75, 3.05) is 5.73 Å². The molecule has 1 aliphatic carbocycles. The lowest BCUT2D eigenvalue weighted by Crippen LogP contribution is -2.18. The van der Waals surface area contributed by atoms with Gasteiger partial charge in [0.15, 0.2) is 0 Å². The Labute approximate surface area is 106 Å². The molecule has 0 fully saturated rings. The molecule has 0 amide bonds. The molecule has 1 aliphatic rings. The van der Waals surface area contributed by atoms with Gasteiger partial charge < -0.3 is 5.73 Å². The molecule has 0 aliphatic heterocycles. The molecule has 94 valence electrons. The fourth-order valence-electron chi connectivity index (χ4n) is 2.29. The summed E-state index contributed by atoms with van der Waals surface area (Å²) in [6.45, 7) is 6.03. The van der Waals surface area contributed by atoms with Gasteiger partial charge in [-0.1, -0.05) is 20.8 Å². The maximum atomic E-state index is 13.4. The number of nitrogen functional groups attached to an aromatic ring is 1. The van der Waals surface area contributed by atoms with Crippen molar-refractivity contribution in [2.45, 2.75) is 52.1 Å². The molecule has 1 aromatic heterocycles. The van der Waals surface area contributed by atoms with Gasteiger partial charge in [-0.25, -0.2) is 4.39 Å². The van der Waals surface area contributed by atoms with Crippen molar-refractivity contribution in [1.29, 1.82) is 5.26 Å². The highest BCUT2D eigenvalue weighted by molar-refractivity contribution is 7.16. The predicted octanol–water partition coefficient (Wildman–Crippen LogP) is 4.01. The molecule has 2 nitrogen and oxygen atoms in total. The molecule has 0 aromatic carbocycles. The number of thiophene rings is 1. The highest BCUT2D eigenvalue weighted by Gasteiger charge is 2.31. The summed E-state index contributed by atoms with van der Waals surface area (Å²) in [7, 11) is 0. The summed E-state index contributed by atoms with van der Waals surface area (Å²) in [5.41, 5.74) is 7.38. The highest BCUT2D eigenvalue weighted by atomic mass is 32.1. The van der Waals surface area contributed by atoms with Crippen molar-refractivity contribution in [3.63, 3.8) is 0 Å². The summed E-state index contributed by atoms with van der Waals surface area (Å²) in [5.74, 6) is 0.173. The minimum Gasteiger partial charge on any atom is -0.389 e. The van der Waals surface area contributed by atoms with Crippen LogP contribution in [-0.2, 0) is 6.42 Å². The molecular formula is C13H19FN2S. The maximum Gasteiger partial charge on any atom is 0.106 e. The van der Waals surface area contributed by atoms with Crippen LogP contribution in [0.2, 0.25) is 0 Å². The average Bonchev–Trinajstić information content (AvgIpc) is 2.65. The highest BCUT2D eigenvalue weighted by Crippen LogP contribution is 2.43. The Morgan fingerprint density at radius 2 is 2.18 bits per heavy atom. The zero-order chi connectivity index (χ0) is 13.0. The molecule has 0 radical (unpaired) electrons. The van der Waals surface area contributed by atoms with Crippen LogP contribution in [0, 0.1) is 11.3 Å². The van der Waals surface area contributed by atoms with Gasteiger partial charge in [-0.3, -0.25) is 0 Å². The van der Waals surface area contributed by atoms with Crippen LogP contribution in [0.15, 0.2) is 0 Å². The number of halogens is 1. The number of alkyl halides is 1. The van der Waals surface area contributed by atoms with E-state index in [-0.39, 0.29) is 5.92 Å². The second-order valence-electron chi connectivity index (χ2n) is 3.93. The molecule has 1 aromatic rings. The fraction of sp³-hybridized carbons (Fsp3) is 0.615. The fourth-order valence-corrected chi connectivity index (χ4v) is 3.46. The van der Waals surface area contributed by atoms with Crippen LogP contribution in [-0.4, -0.2) is 6.17 Å². The van der Waals surface area contributed by atoms with Gasteiger partial charge in [-0.2, -0.15) is 5.26 Å². The second kappa shape index (κ2) is 6.02. The van der Waals surface area contributed by atoms with Crippen LogP contribution in [0.1, 0.15) is 55.5 Å². The van der Waals surface area contributed by atoms with Crippen molar-refractivity contribution in [3.05, 3.63) is 16.0 Å².